The van der Waals surface area contributed by atoms with Gasteiger partial charge in [0.05, 0.1) is 17.1 Å². The van der Waals surface area contributed by atoms with E-state index < -0.39 is 0 Å². The number of anilines is 3. The molecule has 0 unspecified atom stereocenters. The zero-order chi connectivity index (χ0) is 33.5. The summed E-state index contributed by atoms with van der Waals surface area (Å²) in [5, 5.41) is 4.46. The molecule has 0 atom stereocenters. The minimum absolute atomic E-state index is 0.00764. The minimum Gasteiger partial charge on any atom is -0.458 e. The third-order valence-corrected chi connectivity index (χ3v) is 10.3. The van der Waals surface area contributed by atoms with Gasteiger partial charge in [0.2, 0.25) is 0 Å². The molecule has 2 aliphatic rings. The molecule has 0 spiro atoms. The third-order valence-electron chi connectivity index (χ3n) is 10.3. The van der Waals surface area contributed by atoms with Crippen LogP contribution in [0.4, 0.5) is 17.1 Å². The molecule has 8 aromatic carbocycles. The second-order valence-electron chi connectivity index (χ2n) is 13.2. The van der Waals surface area contributed by atoms with Crippen LogP contribution in [0.25, 0.3) is 43.8 Å². The summed E-state index contributed by atoms with van der Waals surface area (Å²) in [4.78, 5) is 2.32. The van der Waals surface area contributed by atoms with Gasteiger partial charge >= 0.3 is 0 Å². The molecule has 9 aromatic rings. The molecule has 5 heteroatoms. The van der Waals surface area contributed by atoms with Crippen molar-refractivity contribution in [1.82, 2.24) is 0 Å². The van der Waals surface area contributed by atoms with Crippen molar-refractivity contribution in [2.45, 2.75) is 0 Å². The number of para-hydroxylation sites is 4. The van der Waals surface area contributed by atoms with Crippen molar-refractivity contribution in [3.8, 4) is 34.1 Å². The Morgan fingerprint density at radius 3 is 1.80 bits per heavy atom. The molecule has 238 valence electrons. The van der Waals surface area contributed by atoms with Gasteiger partial charge in [0, 0.05) is 33.9 Å². The summed E-state index contributed by atoms with van der Waals surface area (Å²) in [7, 11) is 0. The molecule has 0 N–H and O–H groups in total. The third kappa shape index (κ3) is 4.28. The Morgan fingerprint density at radius 1 is 0.451 bits per heavy atom. The number of fused-ring (bicyclic) bond motifs is 8. The van der Waals surface area contributed by atoms with Crippen LogP contribution in [0.3, 0.4) is 0 Å². The van der Waals surface area contributed by atoms with Gasteiger partial charge in [-0.05, 0) is 63.7 Å². The molecule has 0 fully saturated rings. The lowest BCUT2D eigenvalue weighted by atomic mass is 9.35. The van der Waals surface area contributed by atoms with Crippen molar-refractivity contribution in [3.05, 3.63) is 170 Å². The fraction of sp³-hybridized carbons (Fsp3) is 0. The Labute approximate surface area is 294 Å². The van der Waals surface area contributed by atoms with E-state index in [0.29, 0.717) is 0 Å². The molecule has 3 heterocycles. The van der Waals surface area contributed by atoms with Crippen LogP contribution in [-0.4, -0.2) is 6.71 Å². The first-order chi connectivity index (χ1) is 25.3. The predicted molar refractivity (Wildman–Crippen MR) is 209 cm³/mol. The number of benzene rings is 8. The molecule has 0 saturated carbocycles. The molecular formula is C46H28BNO3. The van der Waals surface area contributed by atoms with E-state index in [1.807, 2.05) is 24.3 Å². The summed E-state index contributed by atoms with van der Waals surface area (Å²) in [6.07, 6.45) is 0. The molecule has 0 bridgehead atoms. The van der Waals surface area contributed by atoms with Gasteiger partial charge in [-0.1, -0.05) is 121 Å². The molecule has 0 radical (unpaired) electrons. The zero-order valence-corrected chi connectivity index (χ0v) is 27.4. The molecular weight excluding hydrogens is 625 g/mol. The normalized spacial score (nSPS) is 12.6. The van der Waals surface area contributed by atoms with Crippen molar-refractivity contribution in [3.63, 3.8) is 0 Å². The second-order valence-corrected chi connectivity index (χ2v) is 13.2. The Bertz CT molecular complexity index is 2770. The summed E-state index contributed by atoms with van der Waals surface area (Å²) in [5.74, 6) is 3.28. The fourth-order valence-corrected chi connectivity index (χ4v) is 8.09. The van der Waals surface area contributed by atoms with E-state index in [0.717, 1.165) is 94.9 Å². The average Bonchev–Trinajstić information content (AvgIpc) is 3.57. The molecule has 1 aromatic heterocycles. The maximum Gasteiger partial charge on any atom is 0.260 e. The van der Waals surface area contributed by atoms with E-state index >= 15 is 0 Å². The van der Waals surface area contributed by atoms with Crippen molar-refractivity contribution in [2.24, 2.45) is 0 Å². The standard InChI is InChI=1S/C46H28BNO3/c1-2-13-29(14-3-1)35-25-30-15-4-5-16-31(30)26-39(35)48(38-21-12-18-34-33-17-6-9-22-40(33)51-46(34)38)32-27-43-45-44(28-32)50-42-24-11-8-20-37(42)47(45)36-19-7-10-23-41(36)49-43/h1-28H. The van der Waals surface area contributed by atoms with Crippen LogP contribution < -0.4 is 30.8 Å². The van der Waals surface area contributed by atoms with Crippen LogP contribution in [0, 0.1) is 0 Å². The number of furan rings is 1. The van der Waals surface area contributed by atoms with Crippen LogP contribution >= 0.6 is 0 Å². The van der Waals surface area contributed by atoms with E-state index in [2.05, 4.69) is 150 Å². The molecule has 2 aliphatic heterocycles. The summed E-state index contributed by atoms with van der Waals surface area (Å²) in [6, 6.07) is 59.4. The van der Waals surface area contributed by atoms with Crippen LogP contribution in [0.1, 0.15) is 0 Å². The van der Waals surface area contributed by atoms with Crippen molar-refractivity contribution >= 4 is 72.9 Å². The van der Waals surface area contributed by atoms with Gasteiger partial charge in [-0.25, -0.2) is 0 Å². The Kier molecular flexibility index (Phi) is 6.01. The van der Waals surface area contributed by atoms with E-state index in [4.69, 9.17) is 13.9 Å². The quantitative estimate of drug-likeness (QED) is 0.177. The van der Waals surface area contributed by atoms with Gasteiger partial charge in [-0.2, -0.15) is 0 Å². The Balaban J connectivity index is 1.23. The van der Waals surface area contributed by atoms with Crippen molar-refractivity contribution in [1.29, 1.82) is 0 Å². The number of nitrogens with zero attached hydrogens (tertiary/aromatic N) is 1. The monoisotopic (exact) mass is 653 g/mol. The van der Waals surface area contributed by atoms with Gasteiger partial charge in [-0.3, -0.25) is 0 Å². The largest absolute Gasteiger partial charge is 0.458 e. The van der Waals surface area contributed by atoms with E-state index in [9.17, 15) is 0 Å². The highest BCUT2D eigenvalue weighted by molar-refractivity contribution is 6.98. The number of hydrogen-bond acceptors (Lipinski definition) is 4. The SMILES string of the molecule is c1ccc(-c2cc3ccccc3cc2N(c2cc3c4c(c2)Oc2ccccc2B4c2ccccc2O3)c2cccc3c2oc2ccccc23)cc1. The van der Waals surface area contributed by atoms with Gasteiger partial charge in [-0.15, -0.1) is 0 Å². The van der Waals surface area contributed by atoms with Crippen LogP contribution in [0.2, 0.25) is 0 Å². The van der Waals surface area contributed by atoms with E-state index in [1.165, 1.54) is 5.39 Å². The molecule has 4 nitrogen and oxygen atoms in total. The summed E-state index contributed by atoms with van der Waals surface area (Å²) >= 11 is 0. The lowest BCUT2D eigenvalue weighted by Gasteiger charge is -2.35. The second kappa shape index (κ2) is 10.9. The van der Waals surface area contributed by atoms with Crippen LogP contribution in [0.5, 0.6) is 23.0 Å². The average molecular weight is 654 g/mol. The predicted octanol–water partition coefficient (Wildman–Crippen LogP) is 10.6. The summed E-state index contributed by atoms with van der Waals surface area (Å²) in [6.45, 7) is -0.00764. The first-order valence-electron chi connectivity index (χ1n) is 17.3. The lowest BCUT2D eigenvalue weighted by Crippen LogP contribution is -2.57. The molecule has 0 aliphatic carbocycles. The Morgan fingerprint density at radius 2 is 1.06 bits per heavy atom. The smallest absolute Gasteiger partial charge is 0.260 e. The lowest BCUT2D eigenvalue weighted by molar-refractivity contribution is 0.465. The van der Waals surface area contributed by atoms with Gasteiger partial charge in [0.15, 0.2) is 5.58 Å². The first-order valence-corrected chi connectivity index (χ1v) is 17.3. The maximum absolute atomic E-state index is 6.79. The minimum atomic E-state index is -0.00764. The number of hydrogen-bond donors (Lipinski definition) is 0. The fourth-order valence-electron chi connectivity index (χ4n) is 8.09. The molecule has 0 saturated heterocycles. The first kappa shape index (κ1) is 28.2. The zero-order valence-electron chi connectivity index (χ0n) is 27.4. The highest BCUT2D eigenvalue weighted by atomic mass is 16.5. The Hall–Kier alpha value is -6.72. The molecule has 11 rings (SSSR count). The molecule has 51 heavy (non-hydrogen) atoms. The highest BCUT2D eigenvalue weighted by Crippen LogP contribution is 2.49. The van der Waals surface area contributed by atoms with Crippen LogP contribution in [-0.2, 0) is 0 Å². The van der Waals surface area contributed by atoms with Crippen molar-refractivity contribution in [2.75, 3.05) is 4.90 Å². The summed E-state index contributed by atoms with van der Waals surface area (Å²) < 4.78 is 20.3. The van der Waals surface area contributed by atoms with Gasteiger partial charge < -0.3 is 18.8 Å². The van der Waals surface area contributed by atoms with Gasteiger partial charge in [0.25, 0.3) is 6.71 Å². The number of ether oxygens (including phenoxy) is 2. The molecule has 0 amide bonds. The van der Waals surface area contributed by atoms with Crippen LogP contribution in [0.15, 0.2) is 174 Å². The maximum atomic E-state index is 6.79. The summed E-state index contributed by atoms with van der Waals surface area (Å²) in [5.41, 5.74) is 10.0. The topological polar surface area (TPSA) is 34.8 Å². The number of rotatable bonds is 4. The van der Waals surface area contributed by atoms with Crippen molar-refractivity contribution < 1.29 is 13.9 Å². The van der Waals surface area contributed by atoms with Gasteiger partial charge in [0.1, 0.15) is 28.6 Å². The van der Waals surface area contributed by atoms with E-state index in [1.54, 1.807) is 0 Å². The highest BCUT2D eigenvalue weighted by Gasteiger charge is 2.40. The van der Waals surface area contributed by atoms with E-state index in [-0.39, 0.29) is 6.71 Å².